The van der Waals surface area contributed by atoms with Crippen LogP contribution in [0.4, 0.5) is 0 Å². The third-order valence-electron chi connectivity index (χ3n) is 2.41. The molecule has 0 bridgehead atoms. The molecule has 0 aliphatic heterocycles. The Balaban J connectivity index is 2.53. The average molecular weight is 229 g/mol. The SMILES string of the molecule is O=C(O)Cc1[nH]c(=O)ccc1-c1ccccc1. The molecule has 0 radical (unpaired) electrons. The zero-order valence-electron chi connectivity index (χ0n) is 9.01. The number of nitrogens with one attached hydrogen (secondary N) is 1. The van der Waals surface area contributed by atoms with E-state index in [1.54, 1.807) is 6.07 Å². The van der Waals surface area contributed by atoms with E-state index in [-0.39, 0.29) is 12.0 Å². The van der Waals surface area contributed by atoms with E-state index in [0.29, 0.717) is 5.69 Å². The molecule has 0 atom stereocenters. The predicted octanol–water partition coefficient (Wildman–Crippen LogP) is 1.67. The molecule has 4 nitrogen and oxygen atoms in total. The number of carboxylic acids is 1. The molecule has 86 valence electrons. The minimum Gasteiger partial charge on any atom is -0.481 e. The number of pyridine rings is 1. The summed E-state index contributed by atoms with van der Waals surface area (Å²) in [5.41, 5.74) is 1.77. The predicted molar refractivity (Wildman–Crippen MR) is 63.8 cm³/mol. The largest absolute Gasteiger partial charge is 0.481 e. The van der Waals surface area contributed by atoms with Gasteiger partial charge < -0.3 is 10.1 Å². The fourth-order valence-corrected chi connectivity index (χ4v) is 1.70. The first kappa shape index (κ1) is 11.1. The van der Waals surface area contributed by atoms with Gasteiger partial charge in [-0.25, -0.2) is 0 Å². The molecule has 0 saturated heterocycles. The number of aliphatic carboxylic acids is 1. The van der Waals surface area contributed by atoms with Crippen LogP contribution in [0.5, 0.6) is 0 Å². The Morgan fingerprint density at radius 2 is 1.82 bits per heavy atom. The van der Waals surface area contributed by atoms with E-state index in [1.807, 2.05) is 30.3 Å². The molecule has 0 saturated carbocycles. The zero-order valence-corrected chi connectivity index (χ0v) is 9.01. The van der Waals surface area contributed by atoms with E-state index in [4.69, 9.17) is 5.11 Å². The number of hydrogen-bond donors (Lipinski definition) is 2. The second-order valence-corrected chi connectivity index (χ2v) is 3.65. The Hall–Kier alpha value is -2.36. The molecule has 4 heteroatoms. The van der Waals surface area contributed by atoms with E-state index in [9.17, 15) is 9.59 Å². The number of aromatic amines is 1. The Kier molecular flexibility index (Phi) is 3.05. The van der Waals surface area contributed by atoms with Crippen molar-refractivity contribution < 1.29 is 9.90 Å². The van der Waals surface area contributed by atoms with Gasteiger partial charge in [0.05, 0.1) is 6.42 Å². The van der Waals surface area contributed by atoms with Crippen LogP contribution >= 0.6 is 0 Å². The second-order valence-electron chi connectivity index (χ2n) is 3.65. The number of rotatable bonds is 3. The normalized spacial score (nSPS) is 10.1. The first-order chi connectivity index (χ1) is 8.16. The lowest BCUT2D eigenvalue weighted by Gasteiger charge is -2.07. The number of H-pyrrole nitrogens is 1. The molecule has 1 aromatic carbocycles. The summed E-state index contributed by atoms with van der Waals surface area (Å²) in [5, 5.41) is 8.81. The van der Waals surface area contributed by atoms with E-state index in [2.05, 4.69) is 4.98 Å². The molecule has 0 amide bonds. The summed E-state index contributed by atoms with van der Waals surface area (Å²) in [7, 11) is 0. The quantitative estimate of drug-likeness (QED) is 0.841. The summed E-state index contributed by atoms with van der Waals surface area (Å²) < 4.78 is 0. The average Bonchev–Trinajstić information content (AvgIpc) is 2.29. The molecule has 0 aliphatic carbocycles. The molecular formula is C13H11NO3. The van der Waals surface area contributed by atoms with Gasteiger partial charge in [0.25, 0.3) is 0 Å². The van der Waals surface area contributed by atoms with Crippen LogP contribution in [-0.4, -0.2) is 16.1 Å². The minimum absolute atomic E-state index is 0.194. The summed E-state index contributed by atoms with van der Waals surface area (Å²) >= 11 is 0. The number of benzene rings is 1. The zero-order chi connectivity index (χ0) is 12.3. The van der Waals surface area contributed by atoms with Gasteiger partial charge in [0.1, 0.15) is 0 Å². The molecule has 17 heavy (non-hydrogen) atoms. The van der Waals surface area contributed by atoms with Crippen molar-refractivity contribution in [2.24, 2.45) is 0 Å². The summed E-state index contributed by atoms with van der Waals surface area (Å²) in [4.78, 5) is 24.5. The molecule has 2 N–H and O–H groups in total. The van der Waals surface area contributed by atoms with Crippen molar-refractivity contribution in [1.29, 1.82) is 0 Å². The van der Waals surface area contributed by atoms with Crippen molar-refractivity contribution >= 4 is 5.97 Å². The van der Waals surface area contributed by atoms with Crippen LogP contribution in [0.2, 0.25) is 0 Å². The van der Waals surface area contributed by atoms with Crippen LogP contribution in [0.1, 0.15) is 5.69 Å². The molecule has 0 unspecified atom stereocenters. The van der Waals surface area contributed by atoms with Crippen LogP contribution in [0.15, 0.2) is 47.3 Å². The van der Waals surface area contributed by atoms with Crippen molar-refractivity contribution in [3.05, 3.63) is 58.5 Å². The lowest BCUT2D eigenvalue weighted by atomic mass is 10.0. The van der Waals surface area contributed by atoms with E-state index >= 15 is 0 Å². The smallest absolute Gasteiger partial charge is 0.309 e. The van der Waals surface area contributed by atoms with Gasteiger partial charge in [-0.1, -0.05) is 30.3 Å². The van der Waals surface area contributed by atoms with Gasteiger partial charge in [-0.3, -0.25) is 9.59 Å². The van der Waals surface area contributed by atoms with Crippen molar-refractivity contribution in [3.63, 3.8) is 0 Å². The van der Waals surface area contributed by atoms with Gasteiger partial charge in [0.2, 0.25) is 5.56 Å². The van der Waals surface area contributed by atoms with Gasteiger partial charge in [-0.05, 0) is 11.6 Å². The van der Waals surface area contributed by atoms with Gasteiger partial charge in [0, 0.05) is 17.3 Å². The van der Waals surface area contributed by atoms with Gasteiger partial charge >= 0.3 is 5.97 Å². The van der Waals surface area contributed by atoms with Gasteiger partial charge in [0.15, 0.2) is 0 Å². The summed E-state index contributed by atoms with van der Waals surface area (Å²) in [6, 6.07) is 12.4. The molecule has 2 rings (SSSR count). The maximum atomic E-state index is 11.2. The highest BCUT2D eigenvalue weighted by Gasteiger charge is 2.09. The van der Waals surface area contributed by atoms with Crippen LogP contribution in [0.3, 0.4) is 0 Å². The highest BCUT2D eigenvalue weighted by molar-refractivity contribution is 5.75. The number of carboxylic acid groups (broad SMARTS) is 1. The summed E-state index contributed by atoms with van der Waals surface area (Å²) in [6.07, 6.45) is -0.194. The first-order valence-electron chi connectivity index (χ1n) is 5.16. The Morgan fingerprint density at radius 1 is 1.12 bits per heavy atom. The van der Waals surface area contributed by atoms with Gasteiger partial charge in [-0.15, -0.1) is 0 Å². The Morgan fingerprint density at radius 3 is 2.47 bits per heavy atom. The van der Waals surface area contributed by atoms with Crippen molar-refractivity contribution in [3.8, 4) is 11.1 Å². The number of hydrogen-bond acceptors (Lipinski definition) is 2. The first-order valence-corrected chi connectivity index (χ1v) is 5.16. The molecule has 0 spiro atoms. The van der Waals surface area contributed by atoms with Crippen molar-refractivity contribution in [2.45, 2.75) is 6.42 Å². The monoisotopic (exact) mass is 229 g/mol. The molecule has 2 aromatic rings. The van der Waals surface area contributed by atoms with E-state index in [1.165, 1.54) is 6.07 Å². The number of carbonyl (C=O) groups is 1. The lowest BCUT2D eigenvalue weighted by molar-refractivity contribution is -0.136. The molecule has 0 fully saturated rings. The summed E-state index contributed by atoms with van der Waals surface area (Å²) in [5.74, 6) is -0.968. The highest BCUT2D eigenvalue weighted by atomic mass is 16.4. The topological polar surface area (TPSA) is 70.2 Å². The molecule has 0 aliphatic rings. The number of aromatic nitrogens is 1. The highest BCUT2D eigenvalue weighted by Crippen LogP contribution is 2.21. The maximum Gasteiger partial charge on any atom is 0.309 e. The van der Waals surface area contributed by atoms with Crippen LogP contribution < -0.4 is 5.56 Å². The minimum atomic E-state index is -0.968. The Labute approximate surface area is 97.6 Å². The van der Waals surface area contributed by atoms with Crippen molar-refractivity contribution in [1.82, 2.24) is 4.98 Å². The van der Waals surface area contributed by atoms with Crippen molar-refractivity contribution in [2.75, 3.05) is 0 Å². The third-order valence-corrected chi connectivity index (χ3v) is 2.41. The second kappa shape index (κ2) is 4.65. The van der Waals surface area contributed by atoms with E-state index in [0.717, 1.165) is 11.1 Å². The summed E-state index contributed by atoms with van der Waals surface area (Å²) in [6.45, 7) is 0. The fourth-order valence-electron chi connectivity index (χ4n) is 1.70. The van der Waals surface area contributed by atoms with Gasteiger partial charge in [-0.2, -0.15) is 0 Å². The molecule has 1 aromatic heterocycles. The maximum absolute atomic E-state index is 11.2. The lowest BCUT2D eigenvalue weighted by Crippen LogP contribution is -2.12. The molecule has 1 heterocycles. The van der Waals surface area contributed by atoms with E-state index < -0.39 is 5.97 Å². The van der Waals surface area contributed by atoms with Crippen LogP contribution in [-0.2, 0) is 11.2 Å². The van der Waals surface area contributed by atoms with Crippen LogP contribution in [0.25, 0.3) is 11.1 Å². The molecular weight excluding hydrogens is 218 g/mol. The van der Waals surface area contributed by atoms with Crippen LogP contribution in [0, 0.1) is 0 Å². The standard InChI is InChI=1S/C13H11NO3/c15-12-7-6-10(9-4-2-1-3-5-9)11(14-12)8-13(16)17/h1-7H,8H2,(H,14,15)(H,16,17). The third kappa shape index (κ3) is 2.60. The fraction of sp³-hybridized carbons (Fsp3) is 0.0769. The Bertz CT molecular complexity index is 587.